The second-order valence-electron chi connectivity index (χ2n) is 4.99. The normalized spacial score (nSPS) is 16.4. The number of nitrogens with two attached hydrogens (primary N) is 1. The van der Waals surface area contributed by atoms with Gasteiger partial charge < -0.3 is 11.1 Å². The topological polar surface area (TPSA) is 50.9 Å². The van der Waals surface area contributed by atoms with E-state index < -0.39 is 11.9 Å². The molecule has 0 spiro atoms. The van der Waals surface area contributed by atoms with Crippen molar-refractivity contribution in [2.75, 3.05) is 11.9 Å². The van der Waals surface area contributed by atoms with Crippen LogP contribution in [0.2, 0.25) is 0 Å². The van der Waals surface area contributed by atoms with Crippen molar-refractivity contribution in [3.8, 4) is 0 Å². The van der Waals surface area contributed by atoms with Gasteiger partial charge in [-0.2, -0.15) is 13.2 Å². The number of anilines is 1. The van der Waals surface area contributed by atoms with Gasteiger partial charge in [0.1, 0.15) is 16.5 Å². The van der Waals surface area contributed by atoms with Crippen molar-refractivity contribution in [2.45, 2.75) is 31.9 Å². The molecule has 0 radical (unpaired) electrons. The number of pyridine rings is 1. The second kappa shape index (κ2) is 5.95. The van der Waals surface area contributed by atoms with E-state index in [-0.39, 0.29) is 10.8 Å². The minimum atomic E-state index is -4.47. The summed E-state index contributed by atoms with van der Waals surface area (Å²) >= 11 is 4.85. The van der Waals surface area contributed by atoms with Gasteiger partial charge in [-0.25, -0.2) is 4.98 Å². The van der Waals surface area contributed by atoms with Gasteiger partial charge in [0.05, 0.1) is 5.56 Å². The average molecular weight is 303 g/mol. The Labute approximate surface area is 120 Å². The summed E-state index contributed by atoms with van der Waals surface area (Å²) in [4.78, 5) is 3.66. The van der Waals surface area contributed by atoms with Crippen LogP contribution in [0.4, 0.5) is 19.0 Å². The molecular formula is C13H16F3N3S. The maximum atomic E-state index is 12.7. The zero-order valence-electron chi connectivity index (χ0n) is 10.8. The zero-order valence-corrected chi connectivity index (χ0v) is 11.7. The van der Waals surface area contributed by atoms with Gasteiger partial charge in [0.25, 0.3) is 0 Å². The smallest absolute Gasteiger partial charge is 0.389 e. The molecule has 0 atom stereocenters. The maximum absolute atomic E-state index is 12.7. The van der Waals surface area contributed by atoms with Crippen molar-refractivity contribution in [3.63, 3.8) is 0 Å². The van der Waals surface area contributed by atoms with Crippen molar-refractivity contribution in [1.29, 1.82) is 0 Å². The first kappa shape index (κ1) is 15.0. The summed E-state index contributed by atoms with van der Waals surface area (Å²) in [7, 11) is 0. The van der Waals surface area contributed by atoms with Crippen LogP contribution in [0.15, 0.2) is 12.1 Å². The van der Waals surface area contributed by atoms with Crippen molar-refractivity contribution in [3.05, 3.63) is 23.4 Å². The first-order chi connectivity index (χ1) is 9.38. The molecule has 7 heteroatoms. The van der Waals surface area contributed by atoms with Crippen LogP contribution in [0.25, 0.3) is 0 Å². The number of hydrogen-bond acceptors (Lipinski definition) is 3. The minimum Gasteiger partial charge on any atom is -0.389 e. The SMILES string of the molecule is NC(=S)c1ccc(C(F)(F)F)nc1NCC1CCCC1. The Bertz CT molecular complexity index is 496. The van der Waals surface area contributed by atoms with Crippen LogP contribution < -0.4 is 11.1 Å². The van der Waals surface area contributed by atoms with E-state index in [0.717, 1.165) is 18.9 Å². The molecule has 1 saturated carbocycles. The third kappa shape index (κ3) is 3.59. The Morgan fingerprint density at radius 1 is 1.35 bits per heavy atom. The zero-order chi connectivity index (χ0) is 14.8. The number of thiocarbonyl (C=S) groups is 1. The standard InChI is InChI=1S/C13H16F3N3S/c14-13(15,16)10-6-5-9(11(17)20)12(19-10)18-7-8-3-1-2-4-8/h5-6,8H,1-4,7H2,(H2,17,20)(H,18,19). The van der Waals surface area contributed by atoms with Crippen LogP contribution in [0.3, 0.4) is 0 Å². The fraction of sp³-hybridized carbons (Fsp3) is 0.538. The first-order valence-corrected chi connectivity index (χ1v) is 6.90. The summed E-state index contributed by atoms with van der Waals surface area (Å²) in [5.74, 6) is 0.602. The summed E-state index contributed by atoms with van der Waals surface area (Å²) in [6.45, 7) is 0.601. The molecule has 20 heavy (non-hydrogen) atoms. The predicted molar refractivity (Wildman–Crippen MR) is 75.6 cm³/mol. The van der Waals surface area contributed by atoms with Crippen LogP contribution in [0, 0.1) is 5.92 Å². The minimum absolute atomic E-state index is 0.0418. The van der Waals surface area contributed by atoms with E-state index in [9.17, 15) is 13.2 Å². The molecule has 3 nitrogen and oxygen atoms in total. The lowest BCUT2D eigenvalue weighted by Crippen LogP contribution is -2.20. The Hall–Kier alpha value is -1.37. The number of nitrogens with zero attached hydrogens (tertiary/aromatic N) is 1. The molecule has 0 aromatic carbocycles. The molecule has 3 N–H and O–H groups in total. The van der Waals surface area contributed by atoms with Crippen molar-refractivity contribution in [1.82, 2.24) is 4.98 Å². The van der Waals surface area contributed by atoms with Crippen LogP contribution in [0.1, 0.15) is 36.9 Å². The second-order valence-corrected chi connectivity index (χ2v) is 5.43. The van der Waals surface area contributed by atoms with Crippen LogP contribution in [-0.2, 0) is 6.18 Å². The van der Waals surface area contributed by atoms with Gasteiger partial charge in [0.15, 0.2) is 0 Å². The van der Waals surface area contributed by atoms with Gasteiger partial charge in [-0.1, -0.05) is 25.1 Å². The Balaban J connectivity index is 2.20. The van der Waals surface area contributed by atoms with Crippen LogP contribution in [-0.4, -0.2) is 16.5 Å². The van der Waals surface area contributed by atoms with E-state index in [4.69, 9.17) is 18.0 Å². The Morgan fingerprint density at radius 2 is 2.00 bits per heavy atom. The van der Waals surface area contributed by atoms with Crippen LogP contribution in [0.5, 0.6) is 0 Å². The molecule has 0 saturated heterocycles. The third-order valence-corrected chi connectivity index (χ3v) is 3.70. The molecule has 0 unspecified atom stereocenters. The van der Waals surface area contributed by atoms with Gasteiger partial charge in [0.2, 0.25) is 0 Å². The molecule has 0 amide bonds. The number of hydrogen-bond donors (Lipinski definition) is 2. The van der Waals surface area contributed by atoms with E-state index >= 15 is 0 Å². The lowest BCUT2D eigenvalue weighted by atomic mass is 10.1. The van der Waals surface area contributed by atoms with Crippen molar-refractivity contribution < 1.29 is 13.2 Å². The third-order valence-electron chi connectivity index (χ3n) is 3.48. The number of nitrogens with one attached hydrogen (secondary N) is 1. The van der Waals surface area contributed by atoms with Gasteiger partial charge in [-0.15, -0.1) is 0 Å². The van der Waals surface area contributed by atoms with E-state index in [1.807, 2.05) is 0 Å². The monoisotopic (exact) mass is 303 g/mol. The molecule has 1 aliphatic carbocycles. The van der Waals surface area contributed by atoms with E-state index in [1.54, 1.807) is 0 Å². The lowest BCUT2D eigenvalue weighted by molar-refractivity contribution is -0.141. The molecule has 0 aliphatic heterocycles. The van der Waals surface area contributed by atoms with Gasteiger partial charge in [-0.3, -0.25) is 0 Å². The van der Waals surface area contributed by atoms with Crippen molar-refractivity contribution >= 4 is 23.0 Å². The molecule has 1 aromatic rings. The molecular weight excluding hydrogens is 287 g/mol. The lowest BCUT2D eigenvalue weighted by Gasteiger charge is -2.15. The number of rotatable bonds is 4. The summed E-state index contributed by atoms with van der Waals surface area (Å²) in [6, 6.07) is 2.17. The Kier molecular flexibility index (Phi) is 4.47. The number of halogens is 3. The Morgan fingerprint density at radius 3 is 2.55 bits per heavy atom. The average Bonchev–Trinajstić information content (AvgIpc) is 2.87. The van der Waals surface area contributed by atoms with Crippen molar-refractivity contribution in [2.24, 2.45) is 11.7 Å². The van der Waals surface area contributed by atoms with Crippen LogP contribution >= 0.6 is 12.2 Å². The fourth-order valence-corrected chi connectivity index (χ4v) is 2.57. The number of aromatic nitrogens is 1. The molecule has 1 fully saturated rings. The number of alkyl halides is 3. The summed E-state index contributed by atoms with van der Waals surface area (Å²) in [5.41, 5.74) is 4.94. The van der Waals surface area contributed by atoms with E-state index in [2.05, 4.69) is 10.3 Å². The molecule has 1 aromatic heterocycles. The maximum Gasteiger partial charge on any atom is 0.433 e. The van der Waals surface area contributed by atoms with Gasteiger partial charge in [0, 0.05) is 6.54 Å². The van der Waals surface area contributed by atoms with Gasteiger partial charge >= 0.3 is 6.18 Å². The molecule has 1 aliphatic rings. The highest BCUT2D eigenvalue weighted by atomic mass is 32.1. The molecule has 1 heterocycles. The summed E-state index contributed by atoms with van der Waals surface area (Å²) < 4.78 is 38.1. The fourth-order valence-electron chi connectivity index (χ4n) is 2.41. The van der Waals surface area contributed by atoms with Gasteiger partial charge in [-0.05, 0) is 30.9 Å². The largest absolute Gasteiger partial charge is 0.433 e. The predicted octanol–water partition coefficient (Wildman–Crippen LogP) is 3.34. The van der Waals surface area contributed by atoms with E-state index in [1.165, 1.54) is 18.9 Å². The summed E-state index contributed by atoms with van der Waals surface area (Å²) in [5, 5.41) is 2.97. The highest BCUT2D eigenvalue weighted by Gasteiger charge is 2.33. The quantitative estimate of drug-likeness (QED) is 0.838. The molecule has 110 valence electrons. The first-order valence-electron chi connectivity index (χ1n) is 6.50. The highest BCUT2D eigenvalue weighted by molar-refractivity contribution is 7.80. The highest BCUT2D eigenvalue weighted by Crippen LogP contribution is 2.30. The molecule has 2 rings (SSSR count). The molecule has 0 bridgehead atoms. The summed E-state index contributed by atoms with van der Waals surface area (Å²) in [6.07, 6.45) is 0.0519. The van der Waals surface area contributed by atoms with E-state index in [0.29, 0.717) is 18.0 Å².